The maximum Gasteiger partial charge on any atom is 0.253 e. The summed E-state index contributed by atoms with van der Waals surface area (Å²) in [6.07, 6.45) is 2.47. The van der Waals surface area contributed by atoms with E-state index in [4.69, 9.17) is 5.84 Å². The molecule has 0 spiro atoms. The van der Waals surface area contributed by atoms with E-state index in [9.17, 15) is 4.79 Å². The van der Waals surface area contributed by atoms with E-state index >= 15 is 0 Å². The normalized spacial score (nSPS) is 12.3. The summed E-state index contributed by atoms with van der Waals surface area (Å²) in [5.41, 5.74) is 2.96. The molecular weight excluding hydrogens is 216 g/mol. The first-order valence-corrected chi connectivity index (χ1v) is 5.76. The van der Waals surface area contributed by atoms with Crippen molar-refractivity contribution in [2.75, 3.05) is 5.43 Å². The van der Waals surface area contributed by atoms with E-state index in [-0.39, 0.29) is 11.9 Å². The van der Waals surface area contributed by atoms with Gasteiger partial charge in [0.25, 0.3) is 5.91 Å². The quantitative estimate of drug-likeness (QED) is 0.535. The number of hydrogen-bond donors (Lipinski definition) is 3. The first-order chi connectivity index (χ1) is 8.02. The molecule has 0 saturated carbocycles. The van der Waals surface area contributed by atoms with Crippen molar-refractivity contribution >= 4 is 11.7 Å². The number of nitrogen functional groups attached to an aromatic ring is 1. The van der Waals surface area contributed by atoms with Gasteiger partial charge in [-0.3, -0.25) is 4.79 Å². The number of nitrogens with zero attached hydrogens (tertiary/aromatic N) is 1. The zero-order valence-corrected chi connectivity index (χ0v) is 10.5. The van der Waals surface area contributed by atoms with E-state index < -0.39 is 0 Å². The van der Waals surface area contributed by atoms with Crippen LogP contribution in [0.5, 0.6) is 0 Å². The molecule has 5 nitrogen and oxygen atoms in total. The third-order valence-corrected chi connectivity index (χ3v) is 2.38. The fourth-order valence-electron chi connectivity index (χ4n) is 1.69. The zero-order valence-electron chi connectivity index (χ0n) is 10.5. The molecule has 17 heavy (non-hydrogen) atoms. The number of carbonyl (C=O) groups is 1. The monoisotopic (exact) mass is 236 g/mol. The Morgan fingerprint density at radius 3 is 2.59 bits per heavy atom. The van der Waals surface area contributed by atoms with Crippen molar-refractivity contribution in [3.8, 4) is 0 Å². The second-order valence-electron chi connectivity index (χ2n) is 4.58. The largest absolute Gasteiger partial charge is 0.350 e. The van der Waals surface area contributed by atoms with Crippen molar-refractivity contribution < 1.29 is 4.79 Å². The number of pyridine rings is 1. The van der Waals surface area contributed by atoms with Crippen molar-refractivity contribution in [1.82, 2.24) is 10.3 Å². The van der Waals surface area contributed by atoms with Crippen molar-refractivity contribution in [2.45, 2.75) is 33.2 Å². The van der Waals surface area contributed by atoms with Crippen LogP contribution in [0.1, 0.15) is 37.6 Å². The molecule has 0 saturated heterocycles. The van der Waals surface area contributed by atoms with Crippen molar-refractivity contribution in [2.24, 2.45) is 11.8 Å². The highest BCUT2D eigenvalue weighted by atomic mass is 16.1. The maximum atomic E-state index is 11.8. The van der Waals surface area contributed by atoms with Crippen LogP contribution in [-0.4, -0.2) is 16.9 Å². The number of carbonyl (C=O) groups excluding carboxylic acids is 1. The lowest BCUT2D eigenvalue weighted by Gasteiger charge is -2.15. The standard InChI is InChI=1S/C12H20N4O/c1-8(2)6-9(3)15-12(17)10-4-5-11(16-13)14-7-10/h4-5,7-9H,6,13H2,1-3H3,(H,14,16)(H,15,17). The van der Waals surface area contributed by atoms with Gasteiger partial charge in [0.05, 0.1) is 5.56 Å². The molecule has 1 amide bonds. The Morgan fingerprint density at radius 1 is 1.41 bits per heavy atom. The predicted molar refractivity (Wildman–Crippen MR) is 68.4 cm³/mol. The molecule has 94 valence electrons. The Kier molecular flexibility index (Phi) is 4.90. The summed E-state index contributed by atoms with van der Waals surface area (Å²) in [6, 6.07) is 3.52. The zero-order chi connectivity index (χ0) is 12.8. The molecule has 1 heterocycles. The predicted octanol–water partition coefficient (Wildman–Crippen LogP) is 1.53. The highest BCUT2D eigenvalue weighted by Gasteiger charge is 2.11. The third-order valence-electron chi connectivity index (χ3n) is 2.38. The Hall–Kier alpha value is -1.62. The van der Waals surface area contributed by atoms with Gasteiger partial charge in [0.2, 0.25) is 0 Å². The fourth-order valence-corrected chi connectivity index (χ4v) is 1.69. The molecule has 1 unspecified atom stereocenters. The topological polar surface area (TPSA) is 80.0 Å². The van der Waals surface area contributed by atoms with E-state index in [2.05, 4.69) is 29.6 Å². The molecule has 0 aliphatic heterocycles. The number of nitrogens with two attached hydrogens (primary N) is 1. The van der Waals surface area contributed by atoms with E-state index in [0.717, 1.165) is 6.42 Å². The van der Waals surface area contributed by atoms with Gasteiger partial charge in [-0.05, 0) is 31.4 Å². The summed E-state index contributed by atoms with van der Waals surface area (Å²) in [5, 5.41) is 2.93. The van der Waals surface area contributed by atoms with E-state index in [1.165, 1.54) is 6.20 Å². The molecule has 1 rings (SSSR count). The van der Waals surface area contributed by atoms with E-state index in [1.807, 2.05) is 6.92 Å². The van der Waals surface area contributed by atoms with Gasteiger partial charge in [-0.2, -0.15) is 0 Å². The van der Waals surface area contributed by atoms with Crippen LogP contribution in [0.4, 0.5) is 5.82 Å². The molecular formula is C12H20N4O. The molecule has 0 aliphatic carbocycles. The number of hydrogen-bond acceptors (Lipinski definition) is 4. The molecule has 1 atom stereocenters. The third kappa shape index (κ3) is 4.40. The van der Waals surface area contributed by atoms with Crippen LogP contribution in [0.25, 0.3) is 0 Å². The minimum absolute atomic E-state index is 0.103. The van der Waals surface area contributed by atoms with Crippen LogP contribution in [0, 0.1) is 5.92 Å². The first-order valence-electron chi connectivity index (χ1n) is 5.76. The van der Waals surface area contributed by atoms with Crippen molar-refractivity contribution in [1.29, 1.82) is 0 Å². The van der Waals surface area contributed by atoms with Gasteiger partial charge >= 0.3 is 0 Å². The molecule has 0 fully saturated rings. The molecule has 0 aliphatic rings. The van der Waals surface area contributed by atoms with Gasteiger partial charge in [-0.25, -0.2) is 10.8 Å². The van der Waals surface area contributed by atoms with Gasteiger partial charge in [-0.15, -0.1) is 0 Å². The van der Waals surface area contributed by atoms with Gasteiger partial charge in [0.15, 0.2) is 0 Å². The van der Waals surface area contributed by atoms with Crippen LogP contribution >= 0.6 is 0 Å². The second-order valence-corrected chi connectivity index (χ2v) is 4.58. The van der Waals surface area contributed by atoms with Crippen LogP contribution in [-0.2, 0) is 0 Å². The number of nitrogens with one attached hydrogen (secondary N) is 2. The average Bonchev–Trinajstić information content (AvgIpc) is 2.28. The van der Waals surface area contributed by atoms with Crippen LogP contribution in [0.3, 0.4) is 0 Å². The molecule has 4 N–H and O–H groups in total. The summed E-state index contributed by atoms with van der Waals surface area (Å²) >= 11 is 0. The first kappa shape index (κ1) is 13.4. The van der Waals surface area contributed by atoms with Gasteiger partial charge in [0.1, 0.15) is 5.82 Å². The lowest BCUT2D eigenvalue weighted by Crippen LogP contribution is -2.33. The van der Waals surface area contributed by atoms with Gasteiger partial charge in [-0.1, -0.05) is 13.8 Å². The van der Waals surface area contributed by atoms with E-state index in [1.54, 1.807) is 12.1 Å². The van der Waals surface area contributed by atoms with Crippen molar-refractivity contribution in [3.63, 3.8) is 0 Å². The molecule has 0 radical (unpaired) electrons. The molecule has 0 aromatic carbocycles. The lowest BCUT2D eigenvalue weighted by molar-refractivity contribution is 0.0936. The average molecular weight is 236 g/mol. The summed E-state index contributed by atoms with van der Waals surface area (Å²) < 4.78 is 0. The minimum Gasteiger partial charge on any atom is -0.350 e. The SMILES string of the molecule is CC(C)CC(C)NC(=O)c1ccc(NN)nc1. The molecule has 0 bridgehead atoms. The van der Waals surface area contributed by atoms with Crippen LogP contribution < -0.4 is 16.6 Å². The smallest absolute Gasteiger partial charge is 0.253 e. The van der Waals surface area contributed by atoms with Crippen LogP contribution in [0.2, 0.25) is 0 Å². The molecule has 1 aromatic rings. The van der Waals surface area contributed by atoms with Gasteiger partial charge in [0, 0.05) is 12.2 Å². The number of amides is 1. The number of rotatable bonds is 5. The van der Waals surface area contributed by atoms with Crippen LogP contribution in [0.15, 0.2) is 18.3 Å². The van der Waals surface area contributed by atoms with E-state index in [0.29, 0.717) is 17.3 Å². The number of aromatic nitrogens is 1. The second kappa shape index (κ2) is 6.20. The molecule has 1 aromatic heterocycles. The Balaban J connectivity index is 2.57. The van der Waals surface area contributed by atoms with Crippen molar-refractivity contribution in [3.05, 3.63) is 23.9 Å². The fraction of sp³-hybridized carbons (Fsp3) is 0.500. The molecule has 5 heteroatoms. The Labute approximate surface area is 102 Å². The summed E-state index contributed by atoms with van der Waals surface area (Å²) in [4.78, 5) is 15.8. The van der Waals surface area contributed by atoms with Gasteiger partial charge < -0.3 is 10.7 Å². The highest BCUT2D eigenvalue weighted by Crippen LogP contribution is 2.07. The summed E-state index contributed by atoms with van der Waals surface area (Å²) in [7, 11) is 0. The summed E-state index contributed by atoms with van der Waals surface area (Å²) in [6.45, 7) is 6.26. The maximum absolute atomic E-state index is 11.8. The number of anilines is 1. The number of hydrazine groups is 1. The Morgan fingerprint density at radius 2 is 2.12 bits per heavy atom. The lowest BCUT2D eigenvalue weighted by atomic mass is 10.1. The minimum atomic E-state index is -0.103. The Bertz CT molecular complexity index is 361. The summed E-state index contributed by atoms with van der Waals surface area (Å²) in [5.74, 6) is 6.20. The highest BCUT2D eigenvalue weighted by molar-refractivity contribution is 5.94.